The average molecular weight is 413 g/mol. The molecular formula is C21H23N3O4S. The molecule has 3 rings (SSSR count). The lowest BCUT2D eigenvalue weighted by molar-refractivity contribution is 0.415. The van der Waals surface area contributed by atoms with E-state index in [9.17, 15) is 13.2 Å². The van der Waals surface area contributed by atoms with E-state index in [0.717, 1.165) is 23.3 Å². The van der Waals surface area contributed by atoms with Crippen LogP contribution in [0.25, 0.3) is 11.3 Å². The fourth-order valence-electron chi connectivity index (χ4n) is 2.80. The molecule has 0 fully saturated rings. The molecule has 0 aliphatic rings. The Balaban J connectivity index is 1.70. The number of aryl methyl sites for hydroxylation is 1. The minimum atomic E-state index is -3.65. The number of benzene rings is 2. The standard InChI is InChI=1S/C21H23N3O4S/c1-3-16-4-10-19(11-5-16)29(26,27)22-14-15-24-21(25)13-12-20(23-24)17-6-8-18(28-2)9-7-17/h4-13,22H,3,14-15H2,1-2H3. The Morgan fingerprint density at radius 1 is 1.00 bits per heavy atom. The van der Waals surface area contributed by atoms with Crippen molar-refractivity contribution in [3.05, 3.63) is 76.6 Å². The summed E-state index contributed by atoms with van der Waals surface area (Å²) >= 11 is 0. The van der Waals surface area contributed by atoms with Crippen LogP contribution in [-0.2, 0) is 23.0 Å². The minimum absolute atomic E-state index is 0.0524. The van der Waals surface area contributed by atoms with E-state index in [4.69, 9.17) is 4.74 Å². The van der Waals surface area contributed by atoms with E-state index in [1.807, 2.05) is 31.2 Å². The highest BCUT2D eigenvalue weighted by Crippen LogP contribution is 2.19. The Morgan fingerprint density at radius 2 is 1.69 bits per heavy atom. The number of hydrogen-bond acceptors (Lipinski definition) is 5. The number of rotatable bonds is 8. The highest BCUT2D eigenvalue weighted by molar-refractivity contribution is 7.89. The lowest BCUT2D eigenvalue weighted by Crippen LogP contribution is -2.32. The van der Waals surface area contributed by atoms with Crippen LogP contribution < -0.4 is 15.0 Å². The van der Waals surface area contributed by atoms with Crippen LogP contribution >= 0.6 is 0 Å². The van der Waals surface area contributed by atoms with Crippen molar-refractivity contribution < 1.29 is 13.2 Å². The largest absolute Gasteiger partial charge is 0.497 e. The van der Waals surface area contributed by atoms with E-state index in [-0.39, 0.29) is 23.5 Å². The second kappa shape index (κ2) is 9.02. The average Bonchev–Trinajstić information content (AvgIpc) is 2.75. The number of aromatic nitrogens is 2. The highest BCUT2D eigenvalue weighted by atomic mass is 32.2. The summed E-state index contributed by atoms with van der Waals surface area (Å²) in [5.41, 5.74) is 2.21. The molecule has 0 saturated carbocycles. The molecule has 1 heterocycles. The number of nitrogens with one attached hydrogen (secondary N) is 1. The van der Waals surface area contributed by atoms with Crippen molar-refractivity contribution in [1.82, 2.24) is 14.5 Å². The van der Waals surface area contributed by atoms with Crippen molar-refractivity contribution in [2.24, 2.45) is 0 Å². The molecule has 0 saturated heterocycles. The van der Waals surface area contributed by atoms with Crippen molar-refractivity contribution in [1.29, 1.82) is 0 Å². The van der Waals surface area contributed by atoms with Gasteiger partial charge in [-0.05, 0) is 54.4 Å². The summed E-state index contributed by atoms with van der Waals surface area (Å²) in [5.74, 6) is 0.725. The van der Waals surface area contributed by atoms with Gasteiger partial charge >= 0.3 is 0 Å². The molecule has 7 nitrogen and oxygen atoms in total. The fraction of sp³-hybridized carbons (Fsp3) is 0.238. The van der Waals surface area contributed by atoms with Gasteiger partial charge in [-0.3, -0.25) is 4.79 Å². The van der Waals surface area contributed by atoms with Crippen molar-refractivity contribution in [3.63, 3.8) is 0 Å². The second-order valence-corrected chi connectivity index (χ2v) is 8.17. The SMILES string of the molecule is CCc1ccc(S(=O)(=O)NCCn2nc(-c3ccc(OC)cc3)ccc2=O)cc1. The van der Waals surface area contributed by atoms with E-state index in [1.54, 1.807) is 37.4 Å². The number of ether oxygens (including phenoxy) is 1. The Labute approximate surface area is 170 Å². The lowest BCUT2D eigenvalue weighted by Gasteiger charge is -2.10. The van der Waals surface area contributed by atoms with Gasteiger partial charge in [0, 0.05) is 18.2 Å². The molecule has 8 heteroatoms. The van der Waals surface area contributed by atoms with Crippen LogP contribution in [0.2, 0.25) is 0 Å². The topological polar surface area (TPSA) is 90.3 Å². The van der Waals surface area contributed by atoms with E-state index < -0.39 is 10.0 Å². The van der Waals surface area contributed by atoms with Crippen LogP contribution in [0.15, 0.2) is 70.4 Å². The van der Waals surface area contributed by atoms with E-state index in [1.165, 1.54) is 10.7 Å². The quantitative estimate of drug-likeness (QED) is 0.613. The summed E-state index contributed by atoms with van der Waals surface area (Å²) in [5, 5.41) is 4.34. The first-order valence-corrected chi connectivity index (χ1v) is 10.7. The summed E-state index contributed by atoms with van der Waals surface area (Å²) in [6.07, 6.45) is 0.840. The summed E-state index contributed by atoms with van der Waals surface area (Å²) in [6.45, 7) is 2.18. The molecule has 3 aromatic rings. The van der Waals surface area contributed by atoms with Gasteiger partial charge in [-0.15, -0.1) is 0 Å². The van der Waals surface area contributed by atoms with Crippen LogP contribution in [0.5, 0.6) is 5.75 Å². The van der Waals surface area contributed by atoms with Crippen LogP contribution in [0, 0.1) is 0 Å². The Kier molecular flexibility index (Phi) is 6.46. The summed E-state index contributed by atoms with van der Waals surface area (Å²) in [6, 6.07) is 17.1. The zero-order valence-electron chi connectivity index (χ0n) is 16.3. The van der Waals surface area contributed by atoms with Gasteiger partial charge in [0.2, 0.25) is 10.0 Å². The number of nitrogens with zero attached hydrogens (tertiary/aromatic N) is 2. The predicted molar refractivity (Wildman–Crippen MR) is 111 cm³/mol. The molecule has 0 aliphatic heterocycles. The van der Waals surface area contributed by atoms with Crippen molar-refractivity contribution >= 4 is 10.0 Å². The van der Waals surface area contributed by atoms with Gasteiger partial charge in [0.15, 0.2) is 0 Å². The zero-order chi connectivity index (χ0) is 20.9. The third kappa shape index (κ3) is 5.10. The molecule has 29 heavy (non-hydrogen) atoms. The highest BCUT2D eigenvalue weighted by Gasteiger charge is 2.13. The molecule has 0 unspecified atom stereocenters. The van der Waals surface area contributed by atoms with E-state index in [0.29, 0.717) is 5.69 Å². The van der Waals surface area contributed by atoms with Crippen LogP contribution in [0.1, 0.15) is 12.5 Å². The van der Waals surface area contributed by atoms with Crippen molar-refractivity contribution in [3.8, 4) is 17.0 Å². The van der Waals surface area contributed by atoms with Crippen LogP contribution in [-0.4, -0.2) is 31.9 Å². The third-order valence-electron chi connectivity index (χ3n) is 4.51. The van der Waals surface area contributed by atoms with Gasteiger partial charge in [0.25, 0.3) is 5.56 Å². The lowest BCUT2D eigenvalue weighted by atomic mass is 10.1. The Morgan fingerprint density at radius 3 is 2.31 bits per heavy atom. The molecule has 0 amide bonds. The van der Waals surface area contributed by atoms with Gasteiger partial charge < -0.3 is 4.74 Å². The molecule has 1 aromatic heterocycles. The Hall–Kier alpha value is -2.97. The number of methoxy groups -OCH3 is 1. The van der Waals surface area contributed by atoms with Gasteiger partial charge in [-0.1, -0.05) is 19.1 Å². The summed E-state index contributed by atoms with van der Waals surface area (Å²) in [7, 11) is -2.06. The van der Waals surface area contributed by atoms with Gasteiger partial charge in [0.05, 0.1) is 24.2 Å². The van der Waals surface area contributed by atoms with E-state index in [2.05, 4.69) is 9.82 Å². The van der Waals surface area contributed by atoms with Crippen molar-refractivity contribution in [2.45, 2.75) is 24.8 Å². The third-order valence-corrected chi connectivity index (χ3v) is 5.99. The van der Waals surface area contributed by atoms with Gasteiger partial charge in [-0.2, -0.15) is 5.10 Å². The molecule has 0 atom stereocenters. The number of hydrogen-bond donors (Lipinski definition) is 1. The first-order chi connectivity index (χ1) is 13.9. The maximum Gasteiger partial charge on any atom is 0.266 e. The Bertz CT molecular complexity index is 1120. The molecule has 2 aromatic carbocycles. The maximum absolute atomic E-state index is 12.4. The first kappa shape index (κ1) is 20.8. The summed E-state index contributed by atoms with van der Waals surface area (Å²) < 4.78 is 33.8. The fourth-order valence-corrected chi connectivity index (χ4v) is 3.82. The molecule has 0 bridgehead atoms. The number of sulfonamides is 1. The van der Waals surface area contributed by atoms with E-state index >= 15 is 0 Å². The minimum Gasteiger partial charge on any atom is -0.497 e. The molecule has 0 radical (unpaired) electrons. The molecule has 152 valence electrons. The smallest absolute Gasteiger partial charge is 0.266 e. The second-order valence-electron chi connectivity index (χ2n) is 6.40. The van der Waals surface area contributed by atoms with Crippen molar-refractivity contribution in [2.75, 3.05) is 13.7 Å². The van der Waals surface area contributed by atoms with Crippen LogP contribution in [0.3, 0.4) is 0 Å². The van der Waals surface area contributed by atoms with Gasteiger partial charge in [-0.25, -0.2) is 17.8 Å². The maximum atomic E-state index is 12.4. The molecule has 0 aliphatic carbocycles. The van der Waals surface area contributed by atoms with Gasteiger partial charge in [0.1, 0.15) is 5.75 Å². The zero-order valence-corrected chi connectivity index (χ0v) is 17.1. The molecular weight excluding hydrogens is 390 g/mol. The normalized spacial score (nSPS) is 11.4. The predicted octanol–water partition coefficient (Wildman–Crippen LogP) is 2.46. The monoisotopic (exact) mass is 413 g/mol. The molecule has 1 N–H and O–H groups in total. The molecule has 0 spiro atoms. The van der Waals surface area contributed by atoms with Crippen LogP contribution in [0.4, 0.5) is 0 Å². The summed E-state index contributed by atoms with van der Waals surface area (Å²) in [4.78, 5) is 12.3. The first-order valence-electron chi connectivity index (χ1n) is 9.24.